The van der Waals surface area contributed by atoms with Crippen molar-refractivity contribution < 1.29 is 29.7 Å². The molecule has 16 heavy (non-hydrogen) atoms. The Morgan fingerprint density at radius 3 is 1.75 bits per heavy atom. The molecule has 1 N–H and O–H groups in total. The first kappa shape index (κ1) is 11.9. The minimum Gasteiger partial charge on any atom is -0.481 e. The smallest absolute Gasteiger partial charge is 0.306 e. The Morgan fingerprint density at radius 2 is 1.50 bits per heavy atom. The molecule has 0 aromatic carbocycles. The molecule has 0 saturated heterocycles. The molecular weight excluding hydrogens is 228 g/mol. The molecule has 0 heterocycles. The Morgan fingerprint density at radius 1 is 1.12 bits per heavy atom. The normalized spacial score (nSPS) is 28.4. The lowest BCUT2D eigenvalue weighted by Crippen LogP contribution is -2.30. The maximum Gasteiger partial charge on any atom is 0.306 e. The van der Waals surface area contributed by atoms with Gasteiger partial charge in [-0.05, 0) is 12.8 Å². The Balaban J connectivity index is 2.66. The number of rotatable bonds is 5. The summed E-state index contributed by atoms with van der Waals surface area (Å²) in [6.45, 7) is 0. The van der Waals surface area contributed by atoms with E-state index in [4.69, 9.17) is 5.11 Å². The first-order chi connectivity index (χ1) is 7.40. The summed E-state index contributed by atoms with van der Waals surface area (Å²) in [6.07, 6.45) is -2.81. The second-order valence-electron chi connectivity index (χ2n) is 3.24. The number of aliphatic carboxylic acids is 1. The zero-order valence-electron chi connectivity index (χ0n) is 7.85. The lowest BCUT2D eigenvalue weighted by Gasteiger charge is -2.14. The van der Waals surface area contributed by atoms with Gasteiger partial charge in [-0.15, -0.1) is 20.2 Å². The summed E-state index contributed by atoms with van der Waals surface area (Å²) in [5, 5.41) is 26.6. The van der Waals surface area contributed by atoms with Crippen LogP contribution in [0.4, 0.5) is 0 Å². The van der Waals surface area contributed by atoms with Gasteiger partial charge in [0.1, 0.15) is 12.2 Å². The van der Waals surface area contributed by atoms with Crippen molar-refractivity contribution >= 4 is 5.97 Å². The van der Waals surface area contributed by atoms with Crippen molar-refractivity contribution in [2.75, 3.05) is 0 Å². The van der Waals surface area contributed by atoms with Crippen LogP contribution in [0, 0.1) is 26.1 Å². The molecule has 3 atom stereocenters. The van der Waals surface area contributed by atoms with Crippen LogP contribution < -0.4 is 0 Å². The topological polar surface area (TPSA) is 142 Å². The molecule has 0 unspecified atom stereocenters. The summed E-state index contributed by atoms with van der Waals surface area (Å²) in [5.41, 5.74) is 0. The summed E-state index contributed by atoms with van der Waals surface area (Å²) in [4.78, 5) is 39.0. The fraction of sp³-hybridized carbons (Fsp3) is 0.833. The molecular formula is C6H8N2O8. The van der Waals surface area contributed by atoms with Crippen molar-refractivity contribution in [3.63, 3.8) is 0 Å². The average Bonchev–Trinajstić information content (AvgIpc) is 2.46. The second-order valence-corrected chi connectivity index (χ2v) is 3.24. The molecule has 0 aromatic heterocycles. The van der Waals surface area contributed by atoms with Crippen LogP contribution in [0.2, 0.25) is 0 Å². The largest absolute Gasteiger partial charge is 0.481 e. The monoisotopic (exact) mass is 236 g/mol. The molecule has 0 spiro atoms. The van der Waals surface area contributed by atoms with E-state index in [-0.39, 0.29) is 12.8 Å². The Hall–Kier alpha value is -2.13. The Labute approximate surface area is 88.0 Å². The van der Waals surface area contributed by atoms with Gasteiger partial charge in [-0.1, -0.05) is 0 Å². The third kappa shape index (κ3) is 2.93. The third-order valence-electron chi connectivity index (χ3n) is 2.24. The van der Waals surface area contributed by atoms with Crippen molar-refractivity contribution in [2.24, 2.45) is 5.92 Å². The van der Waals surface area contributed by atoms with Gasteiger partial charge in [0.05, 0.1) is 5.92 Å². The predicted octanol–water partition coefficient (Wildman–Crippen LogP) is -0.365. The van der Waals surface area contributed by atoms with Gasteiger partial charge in [0.2, 0.25) is 0 Å². The van der Waals surface area contributed by atoms with Gasteiger partial charge in [0, 0.05) is 0 Å². The van der Waals surface area contributed by atoms with Gasteiger partial charge < -0.3 is 14.8 Å². The number of hydrogen-bond acceptors (Lipinski definition) is 7. The van der Waals surface area contributed by atoms with Crippen LogP contribution in [0.5, 0.6) is 0 Å². The predicted molar refractivity (Wildman–Crippen MR) is 44.1 cm³/mol. The van der Waals surface area contributed by atoms with Crippen LogP contribution in [-0.2, 0) is 14.5 Å². The van der Waals surface area contributed by atoms with Gasteiger partial charge in [-0.3, -0.25) is 4.79 Å². The van der Waals surface area contributed by atoms with Gasteiger partial charge in [0.15, 0.2) is 0 Å². The zero-order valence-corrected chi connectivity index (χ0v) is 7.85. The van der Waals surface area contributed by atoms with Crippen LogP contribution in [0.25, 0.3) is 0 Å². The van der Waals surface area contributed by atoms with Gasteiger partial charge in [0.25, 0.3) is 10.2 Å². The van der Waals surface area contributed by atoms with E-state index in [1.807, 2.05) is 0 Å². The average molecular weight is 236 g/mol. The number of nitrogens with zero attached hydrogens (tertiary/aromatic N) is 2. The van der Waals surface area contributed by atoms with E-state index in [0.29, 0.717) is 0 Å². The molecule has 1 rings (SSSR count). The van der Waals surface area contributed by atoms with E-state index >= 15 is 0 Å². The highest BCUT2D eigenvalue weighted by molar-refractivity contribution is 5.70. The van der Waals surface area contributed by atoms with Crippen LogP contribution in [0.3, 0.4) is 0 Å². The summed E-state index contributed by atoms with van der Waals surface area (Å²) in [6, 6.07) is 0. The molecule has 1 saturated carbocycles. The van der Waals surface area contributed by atoms with Crippen molar-refractivity contribution in [3.05, 3.63) is 20.2 Å². The van der Waals surface area contributed by atoms with E-state index in [1.165, 1.54) is 0 Å². The quantitative estimate of drug-likeness (QED) is 0.503. The molecule has 0 amide bonds. The molecule has 0 aromatic rings. The number of carboxylic acids is 1. The molecule has 90 valence electrons. The fourth-order valence-corrected chi connectivity index (χ4v) is 1.61. The lowest BCUT2D eigenvalue weighted by molar-refractivity contribution is -0.797. The van der Waals surface area contributed by atoms with Gasteiger partial charge in [-0.25, -0.2) is 0 Å². The van der Waals surface area contributed by atoms with Crippen LogP contribution in [-0.4, -0.2) is 33.5 Å². The minimum atomic E-state index is -1.22. The first-order valence-corrected chi connectivity index (χ1v) is 4.25. The third-order valence-corrected chi connectivity index (χ3v) is 2.24. The van der Waals surface area contributed by atoms with Crippen LogP contribution in [0.1, 0.15) is 12.8 Å². The Bertz CT molecular complexity index is 294. The molecule has 0 aliphatic heterocycles. The first-order valence-electron chi connectivity index (χ1n) is 4.25. The molecule has 1 aliphatic rings. The van der Waals surface area contributed by atoms with Crippen molar-refractivity contribution in [3.8, 4) is 0 Å². The summed E-state index contributed by atoms with van der Waals surface area (Å²) in [7, 11) is 0. The molecule has 1 aliphatic carbocycles. The second kappa shape index (κ2) is 4.59. The SMILES string of the molecule is O=C(O)[C@@H]1C[C@H](O[N+](=O)[O-])[C@H](O[N+](=O)[O-])C1. The molecule has 0 radical (unpaired) electrons. The summed E-state index contributed by atoms with van der Waals surface area (Å²) < 4.78 is 0. The molecule has 1 fully saturated rings. The molecule has 10 heteroatoms. The molecule has 0 bridgehead atoms. The lowest BCUT2D eigenvalue weighted by atomic mass is 10.1. The van der Waals surface area contributed by atoms with Crippen LogP contribution >= 0.6 is 0 Å². The standard InChI is InChI=1S/C6H8N2O8/c9-6(10)3-1-4(15-7(11)12)5(2-3)16-8(13)14/h3-5H,1-2H2,(H,9,10)/t3-,4+,5-. The summed E-state index contributed by atoms with van der Waals surface area (Å²) >= 11 is 0. The summed E-state index contributed by atoms with van der Waals surface area (Å²) in [5.74, 6) is -2.12. The van der Waals surface area contributed by atoms with E-state index in [1.54, 1.807) is 0 Å². The van der Waals surface area contributed by atoms with Crippen LogP contribution in [0.15, 0.2) is 0 Å². The van der Waals surface area contributed by atoms with E-state index in [2.05, 4.69) is 9.68 Å². The highest BCUT2D eigenvalue weighted by atomic mass is 17.0. The van der Waals surface area contributed by atoms with Crippen molar-refractivity contribution in [1.29, 1.82) is 0 Å². The van der Waals surface area contributed by atoms with E-state index in [9.17, 15) is 25.0 Å². The number of carboxylic acid groups (broad SMARTS) is 1. The minimum absolute atomic E-state index is 0.186. The van der Waals surface area contributed by atoms with E-state index < -0.39 is 34.3 Å². The van der Waals surface area contributed by atoms with E-state index in [0.717, 1.165) is 0 Å². The maximum atomic E-state index is 10.6. The van der Waals surface area contributed by atoms with Gasteiger partial charge >= 0.3 is 5.97 Å². The molecule has 10 nitrogen and oxygen atoms in total. The highest BCUT2D eigenvalue weighted by Gasteiger charge is 2.42. The number of hydrogen-bond donors (Lipinski definition) is 1. The van der Waals surface area contributed by atoms with Gasteiger partial charge in [-0.2, -0.15) is 0 Å². The number of carbonyl (C=O) groups is 1. The highest BCUT2D eigenvalue weighted by Crippen LogP contribution is 2.30. The maximum absolute atomic E-state index is 10.6. The Kier molecular flexibility index (Phi) is 3.43. The fourth-order valence-electron chi connectivity index (χ4n) is 1.61. The zero-order chi connectivity index (χ0) is 12.3. The van der Waals surface area contributed by atoms with Crippen molar-refractivity contribution in [2.45, 2.75) is 25.0 Å². The van der Waals surface area contributed by atoms with Crippen molar-refractivity contribution in [1.82, 2.24) is 0 Å².